The molecule has 4 N–H and O–H groups in total. The smallest absolute Gasteiger partial charge is 0.253 e. The predicted octanol–water partition coefficient (Wildman–Crippen LogP) is 2.56. The molecule has 0 spiro atoms. The fraction of sp³-hybridized carbons (Fsp3) is 0.304. The number of aromatic nitrogens is 2. The average Bonchev–Trinajstić information content (AvgIpc) is 3.09. The van der Waals surface area contributed by atoms with Crippen LogP contribution in [0.15, 0.2) is 54.6 Å². The molecule has 0 aliphatic heterocycles. The molecule has 0 aliphatic rings. The fourth-order valence-corrected chi connectivity index (χ4v) is 3.18. The van der Waals surface area contributed by atoms with Gasteiger partial charge in [0.25, 0.3) is 5.91 Å². The fourth-order valence-electron chi connectivity index (χ4n) is 3.18. The van der Waals surface area contributed by atoms with E-state index in [0.29, 0.717) is 23.5 Å². The standard InChI is InChI=1S/C23H28N4O3/c1-16-22(29)20(26-25-16)15-27(2)23(30)19-10-8-17(9-11-19)12-13-24-14-21(28)18-6-4-3-5-7-18/h3-11,21,24,28-29H,12-15H2,1-2H3,(H,25,26). The topological polar surface area (TPSA) is 101 Å². The molecule has 7 heteroatoms. The van der Waals surface area contributed by atoms with Crippen LogP contribution in [0.3, 0.4) is 0 Å². The third kappa shape index (κ3) is 5.46. The molecule has 158 valence electrons. The van der Waals surface area contributed by atoms with Crippen molar-refractivity contribution in [3.63, 3.8) is 0 Å². The molecule has 0 saturated heterocycles. The number of hydrogen-bond donors (Lipinski definition) is 4. The van der Waals surface area contributed by atoms with Crippen LogP contribution in [0.2, 0.25) is 0 Å². The maximum atomic E-state index is 12.6. The first-order valence-corrected chi connectivity index (χ1v) is 9.96. The molecule has 1 aromatic heterocycles. The first-order valence-electron chi connectivity index (χ1n) is 9.96. The number of aliphatic hydroxyl groups excluding tert-OH is 1. The molecule has 3 rings (SSSR count). The number of benzene rings is 2. The molecule has 1 atom stereocenters. The maximum absolute atomic E-state index is 12.6. The number of aliphatic hydroxyl groups is 1. The molecule has 1 unspecified atom stereocenters. The lowest BCUT2D eigenvalue weighted by Crippen LogP contribution is -2.26. The zero-order chi connectivity index (χ0) is 21.5. The monoisotopic (exact) mass is 408 g/mol. The Morgan fingerprint density at radius 2 is 1.87 bits per heavy atom. The van der Waals surface area contributed by atoms with Gasteiger partial charge < -0.3 is 20.4 Å². The van der Waals surface area contributed by atoms with Gasteiger partial charge in [0.1, 0.15) is 5.69 Å². The predicted molar refractivity (Wildman–Crippen MR) is 115 cm³/mol. The van der Waals surface area contributed by atoms with E-state index in [1.54, 1.807) is 14.0 Å². The minimum atomic E-state index is -0.528. The van der Waals surface area contributed by atoms with Crippen molar-refractivity contribution >= 4 is 5.91 Å². The maximum Gasteiger partial charge on any atom is 0.253 e. The second-order valence-corrected chi connectivity index (χ2v) is 7.38. The molecule has 0 aliphatic carbocycles. The number of carbonyl (C=O) groups excluding carboxylic acids is 1. The SMILES string of the molecule is Cc1[nH]nc(CN(C)C(=O)c2ccc(CCNCC(O)c3ccccc3)cc2)c1O. The number of amides is 1. The highest BCUT2D eigenvalue weighted by Gasteiger charge is 2.16. The number of nitrogens with zero attached hydrogens (tertiary/aromatic N) is 2. The molecular formula is C23H28N4O3. The number of hydrogen-bond acceptors (Lipinski definition) is 5. The molecule has 0 saturated carbocycles. The molecule has 3 aromatic rings. The van der Waals surface area contributed by atoms with Crippen molar-refractivity contribution in [3.8, 4) is 5.75 Å². The number of carbonyl (C=O) groups is 1. The van der Waals surface area contributed by atoms with E-state index in [1.807, 2.05) is 54.6 Å². The van der Waals surface area contributed by atoms with Gasteiger partial charge >= 0.3 is 0 Å². The van der Waals surface area contributed by atoms with Gasteiger partial charge in [-0.05, 0) is 43.1 Å². The van der Waals surface area contributed by atoms with Crippen molar-refractivity contribution in [3.05, 3.63) is 82.7 Å². The summed E-state index contributed by atoms with van der Waals surface area (Å²) in [5.41, 5.74) is 3.62. The Morgan fingerprint density at radius 3 is 2.50 bits per heavy atom. The van der Waals surface area contributed by atoms with Crippen molar-refractivity contribution in [2.45, 2.75) is 26.0 Å². The van der Waals surface area contributed by atoms with Gasteiger partial charge in [-0.15, -0.1) is 0 Å². The van der Waals surface area contributed by atoms with E-state index in [0.717, 1.165) is 24.1 Å². The summed E-state index contributed by atoms with van der Waals surface area (Å²) in [6.07, 6.45) is 0.270. The number of nitrogens with one attached hydrogen (secondary N) is 2. The van der Waals surface area contributed by atoms with Crippen molar-refractivity contribution in [1.29, 1.82) is 0 Å². The Morgan fingerprint density at radius 1 is 1.17 bits per heavy atom. The largest absolute Gasteiger partial charge is 0.504 e. The van der Waals surface area contributed by atoms with Crippen LogP contribution in [0.1, 0.15) is 39.0 Å². The minimum Gasteiger partial charge on any atom is -0.504 e. The Bertz CT molecular complexity index is 954. The van der Waals surface area contributed by atoms with E-state index in [2.05, 4.69) is 15.5 Å². The van der Waals surface area contributed by atoms with Crippen molar-refractivity contribution in [2.75, 3.05) is 20.1 Å². The summed E-state index contributed by atoms with van der Waals surface area (Å²) in [4.78, 5) is 14.1. The Labute approximate surface area is 176 Å². The van der Waals surface area contributed by atoms with Crippen LogP contribution in [0.25, 0.3) is 0 Å². The summed E-state index contributed by atoms with van der Waals surface area (Å²) in [6, 6.07) is 17.1. The van der Waals surface area contributed by atoms with Crippen LogP contribution < -0.4 is 5.32 Å². The number of aromatic hydroxyl groups is 1. The number of rotatable bonds is 9. The van der Waals surface area contributed by atoms with Crippen LogP contribution in [0, 0.1) is 6.92 Å². The van der Waals surface area contributed by atoms with Crippen molar-refractivity contribution in [1.82, 2.24) is 20.4 Å². The van der Waals surface area contributed by atoms with Gasteiger partial charge in [-0.2, -0.15) is 5.10 Å². The minimum absolute atomic E-state index is 0.0925. The first kappa shape index (κ1) is 21.5. The zero-order valence-corrected chi connectivity index (χ0v) is 17.3. The zero-order valence-electron chi connectivity index (χ0n) is 17.3. The average molecular weight is 409 g/mol. The molecule has 0 radical (unpaired) electrons. The third-order valence-corrected chi connectivity index (χ3v) is 5.03. The summed E-state index contributed by atoms with van der Waals surface area (Å²) >= 11 is 0. The number of aryl methyl sites for hydroxylation is 1. The lowest BCUT2D eigenvalue weighted by Gasteiger charge is -2.16. The van der Waals surface area contributed by atoms with Gasteiger partial charge in [-0.1, -0.05) is 42.5 Å². The number of aromatic amines is 1. The highest BCUT2D eigenvalue weighted by Crippen LogP contribution is 2.20. The Balaban J connectivity index is 1.46. The molecule has 2 aromatic carbocycles. The van der Waals surface area contributed by atoms with Gasteiger partial charge in [0.2, 0.25) is 0 Å². The van der Waals surface area contributed by atoms with Gasteiger partial charge in [0.05, 0.1) is 18.3 Å². The summed E-state index contributed by atoms with van der Waals surface area (Å²) < 4.78 is 0. The molecule has 0 fully saturated rings. The van der Waals surface area contributed by atoms with E-state index in [9.17, 15) is 15.0 Å². The summed E-state index contributed by atoms with van der Waals surface area (Å²) in [5.74, 6) is -0.0411. The second-order valence-electron chi connectivity index (χ2n) is 7.38. The van der Waals surface area contributed by atoms with Crippen molar-refractivity contribution < 1.29 is 15.0 Å². The molecular weight excluding hydrogens is 380 g/mol. The van der Waals surface area contributed by atoms with E-state index >= 15 is 0 Å². The van der Waals surface area contributed by atoms with E-state index in [1.165, 1.54) is 4.90 Å². The normalized spacial score (nSPS) is 12.0. The summed E-state index contributed by atoms with van der Waals surface area (Å²) in [6.45, 7) is 3.17. The molecule has 30 heavy (non-hydrogen) atoms. The van der Waals surface area contributed by atoms with E-state index < -0.39 is 6.10 Å². The van der Waals surface area contributed by atoms with Crippen LogP contribution >= 0.6 is 0 Å². The Kier molecular flexibility index (Phi) is 7.21. The second kappa shape index (κ2) is 10.0. The quantitative estimate of drug-likeness (QED) is 0.408. The molecule has 0 bridgehead atoms. The van der Waals surface area contributed by atoms with Gasteiger partial charge in [0.15, 0.2) is 5.75 Å². The Hall–Kier alpha value is -3.16. The van der Waals surface area contributed by atoms with Crippen LogP contribution in [0.4, 0.5) is 0 Å². The number of H-pyrrole nitrogens is 1. The summed E-state index contributed by atoms with van der Waals surface area (Å²) in [5, 5.41) is 30.1. The lowest BCUT2D eigenvalue weighted by molar-refractivity contribution is 0.0782. The van der Waals surface area contributed by atoms with Crippen LogP contribution in [0.5, 0.6) is 5.75 Å². The lowest BCUT2D eigenvalue weighted by atomic mass is 10.1. The summed E-state index contributed by atoms with van der Waals surface area (Å²) in [7, 11) is 1.68. The van der Waals surface area contributed by atoms with Gasteiger partial charge in [-0.25, -0.2) is 0 Å². The first-order chi connectivity index (χ1) is 14.5. The molecule has 7 nitrogen and oxygen atoms in total. The molecule has 1 heterocycles. The van der Waals surface area contributed by atoms with Crippen LogP contribution in [-0.2, 0) is 13.0 Å². The highest BCUT2D eigenvalue weighted by molar-refractivity contribution is 5.94. The highest BCUT2D eigenvalue weighted by atomic mass is 16.3. The third-order valence-electron chi connectivity index (χ3n) is 5.03. The van der Waals surface area contributed by atoms with Crippen LogP contribution in [-0.4, -0.2) is 51.4 Å². The van der Waals surface area contributed by atoms with E-state index in [-0.39, 0.29) is 18.2 Å². The van der Waals surface area contributed by atoms with Crippen molar-refractivity contribution in [2.24, 2.45) is 0 Å². The van der Waals surface area contributed by atoms with Gasteiger partial charge in [-0.3, -0.25) is 9.89 Å². The van der Waals surface area contributed by atoms with E-state index in [4.69, 9.17) is 0 Å². The van der Waals surface area contributed by atoms with Gasteiger partial charge in [0, 0.05) is 19.2 Å². The molecule has 1 amide bonds.